The molecule has 1 N–H and O–H groups in total. The van der Waals surface area contributed by atoms with Crippen molar-refractivity contribution in [1.82, 2.24) is 15.5 Å². The molecule has 4 unspecified atom stereocenters. The molecule has 20 heavy (non-hydrogen) atoms. The van der Waals surface area contributed by atoms with Crippen molar-refractivity contribution in [3.8, 4) is 0 Å². The van der Waals surface area contributed by atoms with Crippen molar-refractivity contribution in [2.75, 3.05) is 26.8 Å². The molecule has 0 amide bonds. The summed E-state index contributed by atoms with van der Waals surface area (Å²) in [7, 11) is 1.71. The fourth-order valence-corrected chi connectivity index (χ4v) is 3.84. The van der Waals surface area contributed by atoms with Crippen LogP contribution in [0.1, 0.15) is 36.7 Å². The SMILES string of the molecule is COCCNCCc1nnc(C2C(C)OC(C)C2C)s1. The summed E-state index contributed by atoms with van der Waals surface area (Å²) < 4.78 is 10.9. The van der Waals surface area contributed by atoms with E-state index in [-0.39, 0.29) is 6.10 Å². The summed E-state index contributed by atoms with van der Waals surface area (Å²) in [6.07, 6.45) is 1.46. The molecule has 1 aliphatic rings. The van der Waals surface area contributed by atoms with Gasteiger partial charge in [-0.1, -0.05) is 6.92 Å². The van der Waals surface area contributed by atoms with Gasteiger partial charge < -0.3 is 14.8 Å². The molecule has 0 spiro atoms. The Morgan fingerprint density at radius 1 is 1.20 bits per heavy atom. The number of ether oxygens (including phenoxy) is 2. The second-order valence-corrected chi connectivity index (χ2v) is 6.55. The van der Waals surface area contributed by atoms with E-state index in [1.807, 2.05) is 0 Å². The maximum atomic E-state index is 5.89. The summed E-state index contributed by atoms with van der Waals surface area (Å²) in [4.78, 5) is 0. The van der Waals surface area contributed by atoms with Gasteiger partial charge >= 0.3 is 0 Å². The molecule has 1 aromatic heterocycles. The first-order valence-electron chi connectivity index (χ1n) is 7.31. The highest BCUT2D eigenvalue weighted by molar-refractivity contribution is 7.11. The summed E-state index contributed by atoms with van der Waals surface area (Å²) in [6, 6.07) is 0. The third kappa shape index (κ3) is 3.75. The molecular weight excluding hydrogens is 274 g/mol. The van der Waals surface area contributed by atoms with Crippen LogP contribution in [0.15, 0.2) is 0 Å². The van der Waals surface area contributed by atoms with Crippen LogP contribution >= 0.6 is 11.3 Å². The van der Waals surface area contributed by atoms with Crippen molar-refractivity contribution in [3.63, 3.8) is 0 Å². The van der Waals surface area contributed by atoms with Crippen molar-refractivity contribution < 1.29 is 9.47 Å². The highest BCUT2D eigenvalue weighted by atomic mass is 32.1. The Balaban J connectivity index is 1.86. The van der Waals surface area contributed by atoms with Crippen LogP contribution in [0.2, 0.25) is 0 Å². The van der Waals surface area contributed by atoms with Crippen LogP contribution in [0.3, 0.4) is 0 Å². The lowest BCUT2D eigenvalue weighted by molar-refractivity contribution is 0.0556. The molecule has 114 valence electrons. The average Bonchev–Trinajstić information content (AvgIpc) is 2.95. The van der Waals surface area contributed by atoms with Crippen LogP contribution < -0.4 is 5.32 Å². The van der Waals surface area contributed by atoms with Gasteiger partial charge in [-0.05, 0) is 19.8 Å². The van der Waals surface area contributed by atoms with Gasteiger partial charge in [0.2, 0.25) is 0 Å². The minimum atomic E-state index is 0.237. The molecule has 0 saturated carbocycles. The smallest absolute Gasteiger partial charge is 0.123 e. The molecule has 5 nitrogen and oxygen atoms in total. The number of nitrogens with zero attached hydrogens (tertiary/aromatic N) is 2. The van der Waals surface area contributed by atoms with Crippen LogP contribution in [0.5, 0.6) is 0 Å². The second kappa shape index (κ2) is 7.45. The zero-order chi connectivity index (χ0) is 14.5. The van der Waals surface area contributed by atoms with Gasteiger partial charge in [0, 0.05) is 32.5 Å². The fourth-order valence-electron chi connectivity index (χ4n) is 2.69. The largest absolute Gasteiger partial charge is 0.383 e. The molecular formula is C14H25N3O2S. The monoisotopic (exact) mass is 299 g/mol. The zero-order valence-electron chi connectivity index (χ0n) is 12.8. The number of methoxy groups -OCH3 is 1. The predicted octanol–water partition coefficient (Wildman–Crippen LogP) is 1.84. The molecule has 0 aromatic carbocycles. The Hall–Kier alpha value is -0.560. The summed E-state index contributed by atoms with van der Waals surface area (Å²) in [5.41, 5.74) is 0. The van der Waals surface area contributed by atoms with E-state index >= 15 is 0 Å². The van der Waals surface area contributed by atoms with E-state index in [1.165, 1.54) is 0 Å². The Morgan fingerprint density at radius 3 is 2.65 bits per heavy atom. The normalized spacial score (nSPS) is 30.0. The number of rotatable bonds is 7. The quantitative estimate of drug-likeness (QED) is 0.779. The number of hydrogen-bond donors (Lipinski definition) is 1. The maximum absolute atomic E-state index is 5.89. The molecule has 6 heteroatoms. The van der Waals surface area contributed by atoms with Gasteiger partial charge in [0.1, 0.15) is 10.0 Å². The molecule has 0 radical (unpaired) electrons. The highest BCUT2D eigenvalue weighted by Crippen LogP contribution is 2.40. The Labute approximate surface area is 125 Å². The highest BCUT2D eigenvalue weighted by Gasteiger charge is 2.39. The number of aromatic nitrogens is 2. The van der Waals surface area contributed by atoms with E-state index in [1.54, 1.807) is 18.4 Å². The fraction of sp³-hybridized carbons (Fsp3) is 0.857. The van der Waals surface area contributed by atoms with Crippen molar-refractivity contribution in [3.05, 3.63) is 10.0 Å². The van der Waals surface area contributed by atoms with Gasteiger partial charge in [0.25, 0.3) is 0 Å². The summed E-state index contributed by atoms with van der Waals surface area (Å²) >= 11 is 1.73. The first-order chi connectivity index (χ1) is 9.63. The molecule has 1 fully saturated rings. The first-order valence-corrected chi connectivity index (χ1v) is 8.12. The van der Waals surface area contributed by atoms with Crippen LogP contribution in [0, 0.1) is 5.92 Å². The second-order valence-electron chi connectivity index (χ2n) is 5.46. The lowest BCUT2D eigenvalue weighted by Crippen LogP contribution is -2.21. The van der Waals surface area contributed by atoms with E-state index < -0.39 is 0 Å². The number of nitrogens with one attached hydrogen (secondary N) is 1. The predicted molar refractivity (Wildman–Crippen MR) is 80.3 cm³/mol. The average molecular weight is 299 g/mol. The zero-order valence-corrected chi connectivity index (χ0v) is 13.6. The van der Waals surface area contributed by atoms with Gasteiger partial charge in [0.15, 0.2) is 0 Å². The van der Waals surface area contributed by atoms with E-state index in [0.29, 0.717) is 17.9 Å². The molecule has 4 atom stereocenters. The minimum absolute atomic E-state index is 0.237. The number of hydrogen-bond acceptors (Lipinski definition) is 6. The summed E-state index contributed by atoms with van der Waals surface area (Å²) in [5.74, 6) is 0.892. The van der Waals surface area contributed by atoms with Gasteiger partial charge in [-0.3, -0.25) is 0 Å². The third-order valence-corrected chi connectivity index (χ3v) is 5.09. The lowest BCUT2D eigenvalue weighted by Gasteiger charge is -2.14. The summed E-state index contributed by atoms with van der Waals surface area (Å²) in [6.45, 7) is 9.06. The van der Waals surface area contributed by atoms with Gasteiger partial charge in [-0.15, -0.1) is 21.5 Å². The van der Waals surface area contributed by atoms with Crippen LogP contribution in [0.4, 0.5) is 0 Å². The van der Waals surface area contributed by atoms with Crippen LogP contribution in [0.25, 0.3) is 0 Å². The van der Waals surface area contributed by atoms with E-state index in [4.69, 9.17) is 9.47 Å². The Kier molecular flexibility index (Phi) is 5.89. The summed E-state index contributed by atoms with van der Waals surface area (Å²) in [5, 5.41) is 14.3. The Bertz CT molecular complexity index is 413. The molecule has 0 bridgehead atoms. The van der Waals surface area contributed by atoms with Gasteiger partial charge in [0.05, 0.1) is 18.8 Å². The first kappa shape index (κ1) is 15.8. The minimum Gasteiger partial charge on any atom is -0.383 e. The Morgan fingerprint density at radius 2 is 2.00 bits per heavy atom. The topological polar surface area (TPSA) is 56.3 Å². The lowest BCUT2D eigenvalue weighted by atomic mass is 9.90. The van der Waals surface area contributed by atoms with Crippen molar-refractivity contribution in [2.24, 2.45) is 5.92 Å². The molecule has 0 aliphatic carbocycles. The molecule has 1 aliphatic heterocycles. The third-order valence-electron chi connectivity index (χ3n) is 4.01. The molecule has 2 rings (SSSR count). The molecule has 1 saturated heterocycles. The van der Waals surface area contributed by atoms with E-state index in [2.05, 4.69) is 36.3 Å². The maximum Gasteiger partial charge on any atom is 0.123 e. The van der Waals surface area contributed by atoms with Gasteiger partial charge in [-0.2, -0.15) is 0 Å². The van der Waals surface area contributed by atoms with Crippen LogP contribution in [-0.4, -0.2) is 49.2 Å². The van der Waals surface area contributed by atoms with Gasteiger partial charge in [-0.25, -0.2) is 0 Å². The van der Waals surface area contributed by atoms with Crippen molar-refractivity contribution in [2.45, 2.75) is 45.3 Å². The molecule has 1 aromatic rings. The van der Waals surface area contributed by atoms with Crippen molar-refractivity contribution >= 4 is 11.3 Å². The van der Waals surface area contributed by atoms with Crippen LogP contribution in [-0.2, 0) is 15.9 Å². The standard InChI is InChI=1S/C14H25N3O2S/c1-9-10(2)19-11(3)13(9)14-17-16-12(20-14)5-6-15-7-8-18-4/h9-11,13,15H,5-8H2,1-4H3. The van der Waals surface area contributed by atoms with E-state index in [9.17, 15) is 0 Å². The van der Waals surface area contributed by atoms with E-state index in [0.717, 1.165) is 36.1 Å². The van der Waals surface area contributed by atoms with Crippen molar-refractivity contribution in [1.29, 1.82) is 0 Å². The molecule has 2 heterocycles.